The highest BCUT2D eigenvalue weighted by Crippen LogP contribution is 2.29. The summed E-state index contributed by atoms with van der Waals surface area (Å²) >= 11 is 0. The molecule has 0 saturated carbocycles. The zero-order chi connectivity index (χ0) is 11.6. The molecule has 0 radical (unpaired) electrons. The molecule has 0 spiro atoms. The Morgan fingerprint density at radius 2 is 1.80 bits per heavy atom. The van der Waals surface area contributed by atoms with Gasteiger partial charge < -0.3 is 5.73 Å². The Balaban J connectivity index is 2.87. The van der Waals surface area contributed by atoms with Crippen molar-refractivity contribution in [2.24, 2.45) is 5.73 Å². The molecule has 0 aromatic heterocycles. The Bertz CT molecular complexity index is 347. The van der Waals surface area contributed by atoms with Gasteiger partial charge in [-0.25, -0.2) is 8.78 Å². The highest BCUT2D eigenvalue weighted by Gasteiger charge is 2.31. The van der Waals surface area contributed by atoms with Crippen LogP contribution in [0.5, 0.6) is 0 Å². The van der Waals surface area contributed by atoms with E-state index in [1.807, 2.05) is 0 Å². The first kappa shape index (κ1) is 11.9. The molecule has 6 heteroatoms. The van der Waals surface area contributed by atoms with E-state index in [4.69, 9.17) is 5.73 Å². The maximum absolute atomic E-state index is 13.0. The van der Waals surface area contributed by atoms with Gasteiger partial charge in [-0.05, 0) is 6.07 Å². The van der Waals surface area contributed by atoms with Gasteiger partial charge >= 0.3 is 6.18 Å². The molecule has 1 nitrogen and oxygen atoms in total. The third kappa shape index (κ3) is 3.47. The van der Waals surface area contributed by atoms with Gasteiger partial charge in [0.25, 0.3) is 0 Å². The van der Waals surface area contributed by atoms with Crippen molar-refractivity contribution in [3.63, 3.8) is 0 Å². The van der Waals surface area contributed by atoms with Gasteiger partial charge in [0.1, 0.15) is 11.6 Å². The molecular formula is C9H8F5N. The molecular weight excluding hydrogens is 217 g/mol. The van der Waals surface area contributed by atoms with Crippen molar-refractivity contribution in [1.29, 1.82) is 0 Å². The molecule has 0 heterocycles. The van der Waals surface area contributed by atoms with Gasteiger partial charge in [0.2, 0.25) is 0 Å². The number of hydrogen-bond donors (Lipinski definition) is 1. The van der Waals surface area contributed by atoms with Gasteiger partial charge in [0.05, 0.1) is 6.42 Å². The predicted molar refractivity (Wildman–Crippen MR) is 44.0 cm³/mol. The molecule has 0 saturated heterocycles. The molecule has 0 amide bonds. The maximum Gasteiger partial charge on any atom is 0.390 e. The van der Waals surface area contributed by atoms with Crippen molar-refractivity contribution in [2.75, 3.05) is 0 Å². The number of halogens is 5. The smallest absolute Gasteiger partial charge is 0.324 e. The number of rotatable bonds is 2. The molecule has 0 aliphatic heterocycles. The lowest BCUT2D eigenvalue weighted by Gasteiger charge is -2.14. The van der Waals surface area contributed by atoms with Gasteiger partial charge in [-0.3, -0.25) is 0 Å². The summed E-state index contributed by atoms with van der Waals surface area (Å²) in [5.41, 5.74) is 4.81. The van der Waals surface area contributed by atoms with E-state index in [-0.39, 0.29) is 5.56 Å². The lowest BCUT2D eigenvalue weighted by atomic mass is 10.0. The number of benzene rings is 1. The third-order valence-corrected chi connectivity index (χ3v) is 1.81. The first-order valence-corrected chi connectivity index (χ1v) is 4.07. The molecule has 1 rings (SSSR count). The number of nitrogens with two attached hydrogens (primary N) is 1. The van der Waals surface area contributed by atoms with Crippen LogP contribution in [-0.2, 0) is 0 Å². The normalized spacial score (nSPS) is 14.0. The fourth-order valence-corrected chi connectivity index (χ4v) is 1.16. The number of hydrogen-bond acceptors (Lipinski definition) is 1. The van der Waals surface area contributed by atoms with Crippen LogP contribution in [0.3, 0.4) is 0 Å². The van der Waals surface area contributed by atoms with Gasteiger partial charge in [-0.1, -0.05) is 6.07 Å². The van der Waals surface area contributed by atoms with E-state index in [0.717, 1.165) is 12.1 Å². The van der Waals surface area contributed by atoms with Crippen LogP contribution < -0.4 is 5.73 Å². The van der Waals surface area contributed by atoms with E-state index >= 15 is 0 Å². The summed E-state index contributed by atoms with van der Waals surface area (Å²) in [6.45, 7) is 0. The molecule has 1 aromatic carbocycles. The summed E-state index contributed by atoms with van der Waals surface area (Å²) in [7, 11) is 0. The molecule has 15 heavy (non-hydrogen) atoms. The second-order valence-corrected chi connectivity index (χ2v) is 3.09. The van der Waals surface area contributed by atoms with Crippen LogP contribution in [0.2, 0.25) is 0 Å². The van der Waals surface area contributed by atoms with Crippen molar-refractivity contribution in [1.82, 2.24) is 0 Å². The van der Waals surface area contributed by atoms with Crippen LogP contribution in [0.15, 0.2) is 18.2 Å². The Morgan fingerprint density at radius 1 is 1.20 bits per heavy atom. The molecule has 0 aliphatic rings. The van der Waals surface area contributed by atoms with Crippen molar-refractivity contribution in [3.8, 4) is 0 Å². The summed E-state index contributed by atoms with van der Waals surface area (Å²) < 4.78 is 61.2. The van der Waals surface area contributed by atoms with Crippen LogP contribution >= 0.6 is 0 Å². The molecule has 1 unspecified atom stereocenters. The van der Waals surface area contributed by atoms with Gasteiger partial charge in [-0.2, -0.15) is 13.2 Å². The first-order chi connectivity index (χ1) is 6.79. The highest BCUT2D eigenvalue weighted by molar-refractivity contribution is 5.21. The van der Waals surface area contributed by atoms with Crippen molar-refractivity contribution >= 4 is 0 Å². The molecule has 84 valence electrons. The summed E-state index contributed by atoms with van der Waals surface area (Å²) in [6.07, 6.45) is -5.81. The molecule has 0 bridgehead atoms. The van der Waals surface area contributed by atoms with Crippen molar-refractivity contribution < 1.29 is 22.0 Å². The minimum atomic E-state index is -4.47. The Hall–Kier alpha value is -1.17. The minimum absolute atomic E-state index is 0.339. The lowest BCUT2D eigenvalue weighted by molar-refractivity contribution is -0.138. The van der Waals surface area contributed by atoms with E-state index in [2.05, 4.69) is 0 Å². The van der Waals surface area contributed by atoms with E-state index in [0.29, 0.717) is 6.07 Å². The van der Waals surface area contributed by atoms with Crippen LogP contribution in [0.25, 0.3) is 0 Å². The zero-order valence-electron chi connectivity index (χ0n) is 7.48. The minimum Gasteiger partial charge on any atom is -0.324 e. The fourth-order valence-electron chi connectivity index (χ4n) is 1.16. The summed E-state index contributed by atoms with van der Waals surface area (Å²) in [5, 5.41) is 0. The topological polar surface area (TPSA) is 26.0 Å². The van der Waals surface area contributed by atoms with Gasteiger partial charge in [0, 0.05) is 17.7 Å². The Morgan fingerprint density at radius 3 is 2.27 bits per heavy atom. The van der Waals surface area contributed by atoms with Crippen LogP contribution in [0.4, 0.5) is 22.0 Å². The second-order valence-electron chi connectivity index (χ2n) is 3.09. The average molecular weight is 225 g/mol. The molecule has 1 atom stereocenters. The highest BCUT2D eigenvalue weighted by atomic mass is 19.4. The Labute approximate surface area is 82.7 Å². The summed E-state index contributed by atoms with van der Waals surface area (Å²) in [4.78, 5) is 0. The Kier molecular flexibility index (Phi) is 3.28. The zero-order valence-corrected chi connectivity index (χ0v) is 7.48. The monoisotopic (exact) mass is 225 g/mol. The molecule has 2 N–H and O–H groups in total. The second kappa shape index (κ2) is 4.14. The van der Waals surface area contributed by atoms with E-state index in [1.54, 1.807) is 0 Å². The average Bonchev–Trinajstić information content (AvgIpc) is 1.99. The SMILES string of the molecule is NC(CC(F)(F)F)c1ccc(F)cc1F. The third-order valence-electron chi connectivity index (χ3n) is 1.81. The van der Waals surface area contributed by atoms with Crippen LogP contribution in [0, 0.1) is 11.6 Å². The van der Waals surface area contributed by atoms with E-state index in [9.17, 15) is 22.0 Å². The van der Waals surface area contributed by atoms with Gasteiger partial charge in [-0.15, -0.1) is 0 Å². The molecule has 1 aromatic rings. The maximum atomic E-state index is 13.0. The quantitative estimate of drug-likeness (QED) is 0.769. The predicted octanol–water partition coefficient (Wildman–Crippen LogP) is 2.92. The summed E-state index contributed by atoms with van der Waals surface area (Å²) in [5.74, 6) is -1.91. The van der Waals surface area contributed by atoms with Crippen LogP contribution in [0.1, 0.15) is 18.0 Å². The van der Waals surface area contributed by atoms with Crippen LogP contribution in [-0.4, -0.2) is 6.18 Å². The standard InChI is InChI=1S/C9H8F5N/c10-5-1-2-6(7(11)3-5)8(15)4-9(12,13)14/h1-3,8H,4,15H2. The number of alkyl halides is 3. The van der Waals surface area contributed by atoms with Crippen molar-refractivity contribution in [2.45, 2.75) is 18.6 Å². The van der Waals surface area contributed by atoms with E-state index < -0.39 is 30.3 Å². The molecule has 0 aliphatic carbocycles. The first-order valence-electron chi connectivity index (χ1n) is 4.07. The lowest BCUT2D eigenvalue weighted by Crippen LogP contribution is -2.21. The van der Waals surface area contributed by atoms with E-state index in [1.165, 1.54) is 0 Å². The molecule has 0 fully saturated rings. The summed E-state index contributed by atoms with van der Waals surface area (Å²) in [6, 6.07) is 0.784. The van der Waals surface area contributed by atoms with Crippen molar-refractivity contribution in [3.05, 3.63) is 35.4 Å². The largest absolute Gasteiger partial charge is 0.390 e. The fraction of sp³-hybridized carbons (Fsp3) is 0.333. The van der Waals surface area contributed by atoms with Gasteiger partial charge in [0.15, 0.2) is 0 Å².